The number of carboxylic acid groups (broad SMARTS) is 1. The van der Waals surface area contributed by atoms with E-state index >= 15 is 4.39 Å². The zero-order valence-corrected chi connectivity index (χ0v) is 19.2. The summed E-state index contributed by atoms with van der Waals surface area (Å²) in [7, 11) is 0. The quantitative estimate of drug-likeness (QED) is 0.483. The highest BCUT2D eigenvalue weighted by Crippen LogP contribution is 2.48. The maximum Gasteiger partial charge on any atom is 0.314 e. The van der Waals surface area contributed by atoms with Crippen LogP contribution in [0.1, 0.15) is 49.3 Å². The second kappa shape index (κ2) is 7.53. The first-order chi connectivity index (χ1) is 14.2. The molecule has 0 fully saturated rings. The number of hydrogen-bond acceptors (Lipinski definition) is 3. The average molecular weight is 466 g/mol. The summed E-state index contributed by atoms with van der Waals surface area (Å²) in [5.74, 6) is -3.31. The first-order valence-corrected chi connectivity index (χ1v) is 10.2. The summed E-state index contributed by atoms with van der Waals surface area (Å²) in [5.41, 5.74) is -1.70. The molecule has 1 heterocycles. The van der Waals surface area contributed by atoms with E-state index in [9.17, 15) is 19.8 Å². The van der Waals surface area contributed by atoms with Gasteiger partial charge < -0.3 is 10.2 Å². The molecule has 0 aliphatic carbocycles. The number of aromatic hydroxyl groups is 1. The van der Waals surface area contributed by atoms with Crippen LogP contribution in [0.25, 0.3) is 10.9 Å². The molecular formula is C23H22Cl2FNO4. The summed E-state index contributed by atoms with van der Waals surface area (Å²) < 4.78 is 16.5. The Kier molecular flexibility index (Phi) is 5.61. The second-order valence-corrected chi connectivity index (χ2v) is 9.52. The molecule has 2 N–H and O–H groups in total. The molecule has 0 unspecified atom stereocenters. The van der Waals surface area contributed by atoms with Gasteiger partial charge in [-0.15, -0.1) is 0 Å². The number of rotatable bonds is 3. The number of aromatic nitrogens is 1. The molecule has 0 saturated heterocycles. The van der Waals surface area contributed by atoms with E-state index < -0.39 is 34.3 Å². The average Bonchev–Trinajstić information content (AvgIpc) is 2.97. The fourth-order valence-electron chi connectivity index (χ4n) is 3.89. The Hall–Kier alpha value is -2.57. The third kappa shape index (κ3) is 3.38. The van der Waals surface area contributed by atoms with Crippen molar-refractivity contribution in [1.82, 2.24) is 4.57 Å². The Morgan fingerprint density at radius 2 is 1.65 bits per heavy atom. The highest BCUT2D eigenvalue weighted by atomic mass is 35.5. The normalized spacial score (nSPS) is 13.9. The van der Waals surface area contributed by atoms with Gasteiger partial charge in [0.05, 0.1) is 21.0 Å². The lowest BCUT2D eigenvalue weighted by atomic mass is 9.63. The molecule has 0 radical (unpaired) electrons. The summed E-state index contributed by atoms with van der Waals surface area (Å²) in [6.07, 6.45) is 0. The van der Waals surface area contributed by atoms with Crippen LogP contribution in [-0.4, -0.2) is 26.7 Å². The number of nitrogens with zero attached hydrogens (tertiary/aromatic N) is 1. The van der Waals surface area contributed by atoms with Crippen molar-refractivity contribution in [1.29, 1.82) is 0 Å². The van der Waals surface area contributed by atoms with Crippen LogP contribution in [0.2, 0.25) is 10.0 Å². The third-order valence-electron chi connectivity index (χ3n) is 6.09. The molecule has 1 aromatic heterocycles. The molecule has 0 bridgehead atoms. The molecule has 164 valence electrons. The molecule has 0 aliphatic heterocycles. The number of fused-ring (bicyclic) bond motifs is 1. The van der Waals surface area contributed by atoms with Crippen LogP contribution in [0.5, 0.6) is 5.75 Å². The third-order valence-corrected chi connectivity index (χ3v) is 6.82. The molecule has 5 nitrogen and oxygen atoms in total. The number of carboxylic acids is 1. The van der Waals surface area contributed by atoms with Crippen LogP contribution in [-0.2, 0) is 10.2 Å². The molecule has 2 aromatic carbocycles. The molecule has 0 spiro atoms. The van der Waals surface area contributed by atoms with E-state index in [1.54, 1.807) is 27.7 Å². The maximum absolute atomic E-state index is 15.2. The zero-order valence-electron chi connectivity index (χ0n) is 17.7. The van der Waals surface area contributed by atoms with Crippen molar-refractivity contribution in [2.24, 2.45) is 5.41 Å². The van der Waals surface area contributed by atoms with Gasteiger partial charge in [-0.2, -0.15) is 0 Å². The summed E-state index contributed by atoms with van der Waals surface area (Å²) in [6, 6.07) is 6.88. The Morgan fingerprint density at radius 1 is 1.03 bits per heavy atom. The fraction of sp³-hybridized carbons (Fsp3) is 0.304. The van der Waals surface area contributed by atoms with E-state index in [2.05, 4.69) is 0 Å². The van der Waals surface area contributed by atoms with Crippen molar-refractivity contribution in [3.05, 3.63) is 63.0 Å². The highest BCUT2D eigenvalue weighted by molar-refractivity contribution is 6.42. The zero-order chi connectivity index (χ0) is 23.5. The maximum atomic E-state index is 15.2. The molecule has 8 heteroatoms. The topological polar surface area (TPSA) is 79.5 Å². The lowest BCUT2D eigenvalue weighted by Gasteiger charge is -2.39. The lowest BCUT2D eigenvalue weighted by molar-refractivity contribution is -0.147. The second-order valence-electron chi connectivity index (χ2n) is 8.70. The van der Waals surface area contributed by atoms with E-state index in [0.29, 0.717) is 0 Å². The molecule has 0 saturated carbocycles. The number of benzene rings is 2. The van der Waals surface area contributed by atoms with Gasteiger partial charge >= 0.3 is 5.97 Å². The van der Waals surface area contributed by atoms with Crippen LogP contribution < -0.4 is 0 Å². The molecule has 3 rings (SSSR count). The minimum Gasteiger partial charge on any atom is -0.505 e. The molecule has 31 heavy (non-hydrogen) atoms. The molecule has 1 atom stereocenters. The minimum atomic E-state index is -1.58. The highest BCUT2D eigenvalue weighted by Gasteiger charge is 2.49. The molecule has 0 amide bonds. The first kappa shape index (κ1) is 23.1. The van der Waals surface area contributed by atoms with Crippen LogP contribution in [0, 0.1) is 18.2 Å². The summed E-state index contributed by atoms with van der Waals surface area (Å²) in [4.78, 5) is 25.9. The monoisotopic (exact) mass is 465 g/mol. The van der Waals surface area contributed by atoms with Crippen molar-refractivity contribution < 1.29 is 24.2 Å². The Bertz CT molecular complexity index is 1240. The minimum absolute atomic E-state index is 0.106. The lowest BCUT2D eigenvalue weighted by Crippen LogP contribution is -2.45. The standard InChI is InChI=1S/C23H22Cl2FNO4/c1-11-18(23(5,21(30)31)22(2,3)4)17-15(8-9-16(28)19(17)26)27(11)20(29)12-6-7-13(24)14(25)10-12/h6-10,28H,1-5H3,(H,30,31)/t23-/m1/s1. The van der Waals surface area contributed by atoms with Crippen LogP contribution >= 0.6 is 23.2 Å². The number of hydrogen-bond donors (Lipinski definition) is 2. The SMILES string of the molecule is Cc1c([C@](C)(C(=O)O)C(C)(C)C)c2c(F)c(O)ccc2n1C(=O)c1ccc(Cl)c(Cl)c1. The number of phenols is 1. The number of carbonyl (C=O) groups is 2. The fourth-order valence-corrected chi connectivity index (χ4v) is 4.19. The number of aliphatic carboxylic acids is 1. The Morgan fingerprint density at radius 3 is 2.16 bits per heavy atom. The number of halogens is 3. The summed E-state index contributed by atoms with van der Waals surface area (Å²) in [5, 5.41) is 20.6. The summed E-state index contributed by atoms with van der Waals surface area (Å²) in [6.45, 7) is 8.24. The van der Waals surface area contributed by atoms with E-state index in [1.807, 2.05) is 0 Å². The molecular weight excluding hydrogens is 444 g/mol. The van der Waals surface area contributed by atoms with E-state index in [1.165, 1.54) is 35.8 Å². The Balaban J connectivity index is 2.47. The smallest absolute Gasteiger partial charge is 0.314 e. The predicted octanol–water partition coefficient (Wildman–Crippen LogP) is 6.18. The number of phenolic OH excluding ortho intramolecular Hbond substituents is 1. The van der Waals surface area contributed by atoms with Crippen molar-refractivity contribution in [2.45, 2.75) is 40.0 Å². The van der Waals surface area contributed by atoms with Gasteiger partial charge in [0.25, 0.3) is 5.91 Å². The Labute approximate surface area is 189 Å². The molecule has 0 aliphatic rings. The van der Waals surface area contributed by atoms with Gasteiger partial charge in [-0.1, -0.05) is 44.0 Å². The first-order valence-electron chi connectivity index (χ1n) is 9.49. The van der Waals surface area contributed by atoms with Gasteiger partial charge in [-0.25, -0.2) is 4.39 Å². The van der Waals surface area contributed by atoms with Crippen LogP contribution in [0.4, 0.5) is 4.39 Å². The van der Waals surface area contributed by atoms with Gasteiger partial charge in [-0.3, -0.25) is 14.2 Å². The van der Waals surface area contributed by atoms with E-state index in [4.69, 9.17) is 23.2 Å². The largest absolute Gasteiger partial charge is 0.505 e. The van der Waals surface area contributed by atoms with Crippen molar-refractivity contribution in [3.8, 4) is 5.75 Å². The summed E-state index contributed by atoms with van der Waals surface area (Å²) >= 11 is 12.0. The van der Waals surface area contributed by atoms with E-state index in [0.717, 1.165) is 6.07 Å². The van der Waals surface area contributed by atoms with Crippen molar-refractivity contribution in [2.75, 3.05) is 0 Å². The van der Waals surface area contributed by atoms with Gasteiger partial charge in [0.2, 0.25) is 0 Å². The van der Waals surface area contributed by atoms with Crippen molar-refractivity contribution >= 4 is 46.0 Å². The van der Waals surface area contributed by atoms with Crippen LogP contribution in [0.3, 0.4) is 0 Å². The predicted molar refractivity (Wildman–Crippen MR) is 119 cm³/mol. The number of carbonyl (C=O) groups excluding carboxylic acids is 1. The van der Waals surface area contributed by atoms with Gasteiger partial charge in [0, 0.05) is 22.2 Å². The molecule has 3 aromatic rings. The van der Waals surface area contributed by atoms with Crippen molar-refractivity contribution in [3.63, 3.8) is 0 Å². The van der Waals surface area contributed by atoms with Gasteiger partial charge in [-0.05, 0) is 49.6 Å². The van der Waals surface area contributed by atoms with Crippen LogP contribution in [0.15, 0.2) is 30.3 Å². The van der Waals surface area contributed by atoms with Gasteiger partial charge in [0.1, 0.15) is 0 Å². The van der Waals surface area contributed by atoms with E-state index in [-0.39, 0.29) is 37.8 Å². The van der Waals surface area contributed by atoms with Gasteiger partial charge in [0.15, 0.2) is 11.6 Å².